The summed E-state index contributed by atoms with van der Waals surface area (Å²) in [6.07, 6.45) is 1.62. The first-order valence-electron chi connectivity index (χ1n) is 10.6. The summed E-state index contributed by atoms with van der Waals surface area (Å²) in [6, 6.07) is 8.97. The summed E-state index contributed by atoms with van der Waals surface area (Å²) in [5, 5.41) is 1.30. The molecule has 1 saturated heterocycles. The lowest BCUT2D eigenvalue weighted by Crippen LogP contribution is -2.43. The van der Waals surface area contributed by atoms with Gasteiger partial charge in [0.15, 0.2) is 0 Å². The van der Waals surface area contributed by atoms with Gasteiger partial charge in [-0.2, -0.15) is 0 Å². The first-order chi connectivity index (χ1) is 15.2. The van der Waals surface area contributed by atoms with Crippen LogP contribution < -0.4 is 4.74 Å². The molecule has 0 unspecified atom stereocenters. The Morgan fingerprint density at radius 3 is 2.56 bits per heavy atom. The standard InChI is InChI=1S/C23H27BrClN3O3S/c1-4-31-21-12-16(2)19(25)13-22(21)32(29,30)28-15-18(24)23-17(6-5-7-20(23)28)14-27-10-8-26(3)9-11-27/h5-7,12-13,15H,4,8-11,14H2,1-3H3. The molecule has 1 aromatic heterocycles. The molecule has 32 heavy (non-hydrogen) atoms. The van der Waals surface area contributed by atoms with Crippen LogP contribution in [-0.2, 0) is 16.6 Å². The van der Waals surface area contributed by atoms with Crippen LogP contribution in [0.5, 0.6) is 5.75 Å². The highest BCUT2D eigenvalue weighted by Crippen LogP contribution is 2.36. The average molecular weight is 541 g/mol. The van der Waals surface area contributed by atoms with Gasteiger partial charge >= 0.3 is 0 Å². The Labute approximate surface area is 202 Å². The average Bonchev–Trinajstić information content (AvgIpc) is 3.11. The zero-order chi connectivity index (χ0) is 23.0. The molecule has 172 valence electrons. The quantitative estimate of drug-likeness (QED) is 0.452. The molecule has 2 heterocycles. The van der Waals surface area contributed by atoms with Crippen molar-refractivity contribution in [2.75, 3.05) is 39.8 Å². The second kappa shape index (κ2) is 9.35. The molecule has 3 aromatic rings. The summed E-state index contributed by atoms with van der Waals surface area (Å²) in [4.78, 5) is 4.78. The number of rotatable bonds is 6. The minimum atomic E-state index is -3.94. The molecule has 1 aliphatic heterocycles. The molecule has 0 aliphatic carbocycles. The van der Waals surface area contributed by atoms with E-state index in [0.717, 1.165) is 53.7 Å². The third kappa shape index (κ3) is 4.43. The minimum absolute atomic E-state index is 0.0591. The van der Waals surface area contributed by atoms with Crippen LogP contribution in [0.25, 0.3) is 10.9 Å². The van der Waals surface area contributed by atoms with Crippen LogP contribution in [0.4, 0.5) is 0 Å². The molecule has 9 heteroatoms. The summed E-state index contributed by atoms with van der Waals surface area (Å²) in [6.45, 7) is 8.82. The molecule has 4 rings (SSSR count). The summed E-state index contributed by atoms with van der Waals surface area (Å²) < 4.78 is 35.2. The fraction of sp³-hybridized carbons (Fsp3) is 0.391. The molecule has 0 radical (unpaired) electrons. The zero-order valence-electron chi connectivity index (χ0n) is 18.4. The number of benzene rings is 2. The monoisotopic (exact) mass is 539 g/mol. The van der Waals surface area contributed by atoms with E-state index in [1.165, 1.54) is 10.0 Å². The lowest BCUT2D eigenvalue weighted by atomic mass is 10.1. The molecule has 0 atom stereocenters. The lowest BCUT2D eigenvalue weighted by Gasteiger charge is -2.32. The fourth-order valence-corrected chi connectivity index (χ4v) is 6.61. The molecule has 0 bridgehead atoms. The number of likely N-dealkylation sites (N-methyl/N-ethyl adjacent to an activating group) is 1. The smallest absolute Gasteiger partial charge is 0.271 e. The predicted octanol–water partition coefficient (Wildman–Crippen LogP) is 4.75. The third-order valence-electron chi connectivity index (χ3n) is 5.89. The van der Waals surface area contributed by atoms with E-state index in [2.05, 4.69) is 38.8 Å². The summed E-state index contributed by atoms with van der Waals surface area (Å²) >= 11 is 9.91. The maximum atomic E-state index is 13.7. The van der Waals surface area contributed by atoms with E-state index < -0.39 is 10.0 Å². The third-order valence-corrected chi connectivity index (χ3v) is 8.59. The fourth-order valence-electron chi connectivity index (χ4n) is 4.07. The van der Waals surface area contributed by atoms with Gasteiger partial charge < -0.3 is 9.64 Å². The van der Waals surface area contributed by atoms with Gasteiger partial charge in [0.1, 0.15) is 10.6 Å². The summed E-state index contributed by atoms with van der Waals surface area (Å²) in [5.41, 5.74) is 2.49. The van der Waals surface area contributed by atoms with Crippen LogP contribution in [0.15, 0.2) is 45.9 Å². The molecule has 0 spiro atoms. The molecule has 0 saturated carbocycles. The first kappa shape index (κ1) is 23.6. The molecule has 0 N–H and O–H groups in total. The van der Waals surface area contributed by atoms with E-state index in [4.69, 9.17) is 16.3 Å². The molecule has 2 aromatic carbocycles. The highest BCUT2D eigenvalue weighted by Gasteiger charge is 2.27. The number of hydrogen-bond donors (Lipinski definition) is 0. The molecular weight excluding hydrogens is 514 g/mol. The highest BCUT2D eigenvalue weighted by atomic mass is 79.9. The molecule has 1 aliphatic rings. The van der Waals surface area contributed by atoms with Crippen molar-refractivity contribution in [1.29, 1.82) is 0 Å². The van der Waals surface area contributed by atoms with Gasteiger partial charge in [-0.15, -0.1) is 0 Å². The van der Waals surface area contributed by atoms with Gasteiger partial charge in [-0.05, 0) is 66.2 Å². The van der Waals surface area contributed by atoms with Crippen molar-refractivity contribution in [3.05, 3.63) is 57.2 Å². The molecule has 1 fully saturated rings. The number of aromatic nitrogens is 1. The SMILES string of the molecule is CCOc1cc(C)c(Cl)cc1S(=O)(=O)n1cc(Br)c2c(CN3CCN(C)CC3)cccc21. The van der Waals surface area contributed by atoms with Crippen molar-refractivity contribution in [2.45, 2.75) is 25.3 Å². The highest BCUT2D eigenvalue weighted by molar-refractivity contribution is 9.10. The zero-order valence-corrected chi connectivity index (χ0v) is 21.6. The molecular formula is C23H27BrClN3O3S. The first-order valence-corrected chi connectivity index (χ1v) is 13.2. The van der Waals surface area contributed by atoms with Crippen molar-refractivity contribution in [3.63, 3.8) is 0 Å². The van der Waals surface area contributed by atoms with Crippen LogP contribution >= 0.6 is 27.5 Å². The van der Waals surface area contributed by atoms with Crippen LogP contribution in [0.1, 0.15) is 18.1 Å². The number of aryl methyl sites for hydroxylation is 1. The van der Waals surface area contributed by atoms with E-state index in [1.807, 2.05) is 26.0 Å². The van der Waals surface area contributed by atoms with Crippen molar-refractivity contribution in [2.24, 2.45) is 0 Å². The number of halogens is 2. The van der Waals surface area contributed by atoms with E-state index in [9.17, 15) is 8.42 Å². The maximum absolute atomic E-state index is 13.7. The number of nitrogens with zero attached hydrogens (tertiary/aromatic N) is 3. The Morgan fingerprint density at radius 1 is 1.16 bits per heavy atom. The van der Waals surface area contributed by atoms with E-state index >= 15 is 0 Å². The Hall–Kier alpha value is -1.58. The summed E-state index contributed by atoms with van der Waals surface area (Å²) in [5.74, 6) is 0.306. The Bertz CT molecular complexity index is 1250. The number of fused-ring (bicyclic) bond motifs is 1. The molecule has 0 amide bonds. The van der Waals surface area contributed by atoms with E-state index in [1.54, 1.807) is 12.3 Å². The molecule has 6 nitrogen and oxygen atoms in total. The largest absolute Gasteiger partial charge is 0.492 e. The second-order valence-electron chi connectivity index (χ2n) is 8.15. The number of piperazine rings is 1. The van der Waals surface area contributed by atoms with Gasteiger partial charge in [0.25, 0.3) is 10.0 Å². The van der Waals surface area contributed by atoms with Crippen molar-refractivity contribution in [3.8, 4) is 5.75 Å². The normalized spacial score (nSPS) is 16.0. The predicted molar refractivity (Wildman–Crippen MR) is 132 cm³/mol. The topological polar surface area (TPSA) is 54.8 Å². The van der Waals surface area contributed by atoms with Crippen LogP contribution in [-0.4, -0.2) is 62.0 Å². The van der Waals surface area contributed by atoms with Crippen LogP contribution in [0, 0.1) is 6.92 Å². The van der Waals surface area contributed by atoms with Gasteiger partial charge in [-0.3, -0.25) is 4.90 Å². The van der Waals surface area contributed by atoms with Gasteiger partial charge in [-0.25, -0.2) is 12.4 Å². The maximum Gasteiger partial charge on any atom is 0.271 e. The van der Waals surface area contributed by atoms with Crippen molar-refractivity contribution < 1.29 is 13.2 Å². The Morgan fingerprint density at radius 2 is 1.88 bits per heavy atom. The van der Waals surface area contributed by atoms with Gasteiger partial charge in [0, 0.05) is 53.8 Å². The van der Waals surface area contributed by atoms with Crippen molar-refractivity contribution >= 4 is 48.5 Å². The lowest BCUT2D eigenvalue weighted by molar-refractivity contribution is 0.148. The minimum Gasteiger partial charge on any atom is -0.492 e. The van der Waals surface area contributed by atoms with E-state index in [0.29, 0.717) is 22.9 Å². The number of ether oxygens (including phenoxy) is 1. The van der Waals surface area contributed by atoms with Gasteiger partial charge in [-0.1, -0.05) is 23.7 Å². The number of hydrogen-bond acceptors (Lipinski definition) is 5. The van der Waals surface area contributed by atoms with E-state index in [-0.39, 0.29) is 4.90 Å². The summed E-state index contributed by atoms with van der Waals surface area (Å²) in [7, 11) is -1.80. The van der Waals surface area contributed by atoms with Gasteiger partial charge in [0.2, 0.25) is 0 Å². The second-order valence-corrected chi connectivity index (χ2v) is 11.2. The van der Waals surface area contributed by atoms with Crippen LogP contribution in [0.3, 0.4) is 0 Å². The Kier molecular flexibility index (Phi) is 6.89. The Balaban J connectivity index is 1.80. The van der Waals surface area contributed by atoms with Gasteiger partial charge in [0.05, 0.1) is 12.1 Å². The van der Waals surface area contributed by atoms with Crippen LogP contribution in [0.2, 0.25) is 5.02 Å². The van der Waals surface area contributed by atoms with Crippen molar-refractivity contribution in [1.82, 2.24) is 13.8 Å².